The van der Waals surface area contributed by atoms with Gasteiger partial charge in [0.1, 0.15) is 0 Å². The molecule has 14 heavy (non-hydrogen) atoms. The van der Waals surface area contributed by atoms with Crippen LogP contribution in [-0.2, 0) is 0 Å². The van der Waals surface area contributed by atoms with Crippen molar-refractivity contribution in [2.24, 2.45) is 11.5 Å². The minimum atomic E-state index is 0.473. The minimum Gasteiger partial charge on any atom is -0.410 e. The van der Waals surface area contributed by atoms with Gasteiger partial charge in [-0.05, 0) is 24.7 Å². The molecule has 0 aliphatic heterocycles. The molecular formula is C9H17BN4. The van der Waals surface area contributed by atoms with Gasteiger partial charge in [-0.3, -0.25) is 0 Å². The van der Waals surface area contributed by atoms with E-state index in [-0.39, 0.29) is 0 Å². The fourth-order valence-electron chi connectivity index (χ4n) is 0.703. The highest BCUT2D eigenvalue weighted by Gasteiger charge is 1.90. The van der Waals surface area contributed by atoms with Gasteiger partial charge in [-0.2, -0.15) is 0 Å². The van der Waals surface area contributed by atoms with Crippen molar-refractivity contribution < 1.29 is 0 Å². The van der Waals surface area contributed by atoms with E-state index in [2.05, 4.69) is 5.32 Å². The lowest BCUT2D eigenvalue weighted by Crippen LogP contribution is -2.10. The third kappa shape index (κ3) is 5.94. The normalized spacial score (nSPS) is 13.0. The van der Waals surface area contributed by atoms with Crippen LogP contribution in [0.25, 0.3) is 0 Å². The quantitative estimate of drug-likeness (QED) is 0.285. The summed E-state index contributed by atoms with van der Waals surface area (Å²) in [6.45, 7) is 3.66. The van der Waals surface area contributed by atoms with Crippen LogP contribution in [0.15, 0.2) is 35.8 Å². The molecule has 0 spiro atoms. The Morgan fingerprint density at radius 1 is 1.50 bits per heavy atom. The lowest BCUT2D eigenvalue weighted by molar-refractivity contribution is 1.09. The fourth-order valence-corrected chi connectivity index (χ4v) is 0.703. The Morgan fingerprint density at radius 3 is 2.57 bits per heavy atom. The van der Waals surface area contributed by atoms with Gasteiger partial charge in [0.25, 0.3) is 0 Å². The first-order chi connectivity index (χ1) is 6.60. The monoisotopic (exact) mass is 192 g/mol. The van der Waals surface area contributed by atoms with E-state index in [1.165, 1.54) is 6.20 Å². The van der Waals surface area contributed by atoms with Crippen molar-refractivity contribution in [3.8, 4) is 0 Å². The molecule has 76 valence electrons. The van der Waals surface area contributed by atoms with E-state index >= 15 is 0 Å². The molecule has 0 aromatic carbocycles. The Labute approximate surface area is 85.5 Å². The first-order valence-corrected chi connectivity index (χ1v) is 4.46. The zero-order valence-electron chi connectivity index (χ0n) is 8.67. The van der Waals surface area contributed by atoms with Crippen molar-refractivity contribution in [3.63, 3.8) is 0 Å². The summed E-state index contributed by atoms with van der Waals surface area (Å²) in [7, 11) is 0.784. The predicted octanol–water partition coefficient (Wildman–Crippen LogP) is 0.214. The largest absolute Gasteiger partial charge is 0.410 e. The first-order valence-electron chi connectivity index (χ1n) is 4.46. The average Bonchev–Trinajstić information content (AvgIpc) is 2.15. The number of hydrogen-bond donors (Lipinski definition) is 4. The molecular weight excluding hydrogens is 175 g/mol. The maximum Gasteiger partial charge on any atom is 0.175 e. The summed E-state index contributed by atoms with van der Waals surface area (Å²) in [6.07, 6.45) is 6.50. The fraction of sp³-hybridized carbons (Fsp3) is 0.222. The Hall–Kier alpha value is -1.65. The van der Waals surface area contributed by atoms with Crippen LogP contribution in [0.5, 0.6) is 0 Å². The summed E-state index contributed by atoms with van der Waals surface area (Å²) in [5, 5.41) is 10.1. The standard InChI is InChI=1S/C9H17BN4/c1-7(12)3-4-14-8(6-11)5-9(13)10-2/h3-6,10,12,14H,11,13H2,1-2H3/b4-3-,8-6+,9-5-,12-7?. The van der Waals surface area contributed by atoms with Crippen LogP contribution in [0.2, 0.25) is 6.82 Å². The van der Waals surface area contributed by atoms with Gasteiger partial charge in [0.2, 0.25) is 0 Å². The summed E-state index contributed by atoms with van der Waals surface area (Å²) < 4.78 is 0. The van der Waals surface area contributed by atoms with Gasteiger partial charge in [0, 0.05) is 18.1 Å². The third-order valence-electron chi connectivity index (χ3n) is 1.51. The van der Waals surface area contributed by atoms with Crippen molar-refractivity contribution in [2.45, 2.75) is 13.7 Å². The molecule has 0 aromatic rings. The third-order valence-corrected chi connectivity index (χ3v) is 1.51. The number of rotatable bonds is 5. The van der Waals surface area contributed by atoms with Gasteiger partial charge in [-0.1, -0.05) is 6.82 Å². The molecule has 5 heteroatoms. The second-order valence-corrected chi connectivity index (χ2v) is 2.86. The highest BCUT2D eigenvalue weighted by Crippen LogP contribution is 1.92. The van der Waals surface area contributed by atoms with E-state index in [0.717, 1.165) is 18.6 Å². The Bertz CT molecular complexity index is 279. The highest BCUT2D eigenvalue weighted by molar-refractivity contribution is 6.43. The van der Waals surface area contributed by atoms with E-state index in [9.17, 15) is 0 Å². The van der Waals surface area contributed by atoms with E-state index in [4.69, 9.17) is 16.9 Å². The van der Waals surface area contributed by atoms with Crippen molar-refractivity contribution in [1.82, 2.24) is 5.32 Å². The molecule has 0 fully saturated rings. The molecule has 4 nitrogen and oxygen atoms in total. The van der Waals surface area contributed by atoms with Crippen LogP contribution in [0, 0.1) is 5.41 Å². The van der Waals surface area contributed by atoms with Crippen molar-refractivity contribution in [3.05, 3.63) is 35.8 Å². The number of hydrogen-bond acceptors (Lipinski definition) is 4. The first kappa shape index (κ1) is 12.4. The summed E-state index contributed by atoms with van der Waals surface area (Å²) in [4.78, 5) is 0. The molecule has 0 unspecified atom stereocenters. The molecule has 0 aliphatic carbocycles. The number of allylic oxidation sites excluding steroid dienone is 2. The zero-order valence-corrected chi connectivity index (χ0v) is 8.67. The highest BCUT2D eigenvalue weighted by atomic mass is 14.9. The maximum atomic E-state index is 7.16. The second kappa shape index (κ2) is 6.83. The molecule has 0 atom stereocenters. The summed E-state index contributed by atoms with van der Waals surface area (Å²) >= 11 is 0. The van der Waals surface area contributed by atoms with Crippen molar-refractivity contribution >= 4 is 13.0 Å². The van der Waals surface area contributed by atoms with Crippen LogP contribution < -0.4 is 16.8 Å². The van der Waals surface area contributed by atoms with E-state index in [1.807, 2.05) is 6.82 Å². The lowest BCUT2D eigenvalue weighted by atomic mass is 9.78. The summed E-state index contributed by atoms with van der Waals surface area (Å²) in [5.74, 6) is 0. The molecule has 0 rings (SSSR count). The smallest absolute Gasteiger partial charge is 0.175 e. The van der Waals surface area contributed by atoms with Gasteiger partial charge in [0.05, 0.1) is 5.70 Å². The Morgan fingerprint density at radius 2 is 2.14 bits per heavy atom. The zero-order chi connectivity index (χ0) is 11.0. The molecule has 0 saturated carbocycles. The predicted molar refractivity (Wildman–Crippen MR) is 63.2 cm³/mol. The molecule has 6 N–H and O–H groups in total. The molecule has 0 radical (unpaired) electrons. The molecule has 0 amide bonds. The lowest BCUT2D eigenvalue weighted by Gasteiger charge is -2.02. The van der Waals surface area contributed by atoms with Crippen LogP contribution in [0.3, 0.4) is 0 Å². The number of nitrogens with one attached hydrogen (secondary N) is 2. The topological polar surface area (TPSA) is 87.9 Å². The van der Waals surface area contributed by atoms with Crippen LogP contribution in [-0.4, -0.2) is 13.0 Å². The second-order valence-electron chi connectivity index (χ2n) is 2.86. The van der Waals surface area contributed by atoms with Gasteiger partial charge < -0.3 is 22.2 Å². The average molecular weight is 192 g/mol. The summed E-state index contributed by atoms with van der Waals surface area (Å²) in [5.41, 5.74) is 13.0. The van der Waals surface area contributed by atoms with Crippen LogP contribution in [0.4, 0.5) is 0 Å². The van der Waals surface area contributed by atoms with Crippen molar-refractivity contribution in [1.29, 1.82) is 5.41 Å². The van der Waals surface area contributed by atoms with E-state index in [0.29, 0.717) is 5.71 Å². The molecule has 0 heterocycles. The summed E-state index contributed by atoms with van der Waals surface area (Å²) in [6, 6.07) is 0. The van der Waals surface area contributed by atoms with Crippen LogP contribution >= 0.6 is 0 Å². The molecule has 0 bridgehead atoms. The van der Waals surface area contributed by atoms with Gasteiger partial charge in [-0.15, -0.1) is 0 Å². The van der Waals surface area contributed by atoms with Crippen LogP contribution in [0.1, 0.15) is 6.92 Å². The van der Waals surface area contributed by atoms with E-state index < -0.39 is 0 Å². The van der Waals surface area contributed by atoms with E-state index in [1.54, 1.807) is 25.3 Å². The minimum absolute atomic E-state index is 0.473. The molecule has 0 saturated heterocycles. The Kier molecular flexibility index (Phi) is 6.02. The maximum absolute atomic E-state index is 7.16. The number of nitrogens with two attached hydrogens (primary N) is 2. The molecule has 0 aromatic heterocycles. The SMILES string of the molecule is CB/C(N)=C/C(=C\N)N/C=C\C(C)=N. The van der Waals surface area contributed by atoms with Gasteiger partial charge in [-0.25, -0.2) is 0 Å². The van der Waals surface area contributed by atoms with Gasteiger partial charge >= 0.3 is 0 Å². The van der Waals surface area contributed by atoms with Gasteiger partial charge in [0.15, 0.2) is 7.28 Å². The van der Waals surface area contributed by atoms with Crippen molar-refractivity contribution in [2.75, 3.05) is 0 Å². The molecule has 0 aliphatic rings. The Balaban J connectivity index is 4.26.